The summed E-state index contributed by atoms with van der Waals surface area (Å²) in [7, 11) is 0. The first-order valence-electron chi connectivity index (χ1n) is 6.45. The van der Waals surface area contributed by atoms with E-state index in [2.05, 4.69) is 0 Å². The SMILES string of the molecule is O=C1CCCCC1CC1(O)CCCCC1. The molecule has 0 aromatic heterocycles. The molecule has 1 unspecified atom stereocenters. The molecule has 2 aliphatic rings. The van der Waals surface area contributed by atoms with Gasteiger partial charge in [0.15, 0.2) is 0 Å². The first-order chi connectivity index (χ1) is 7.20. The lowest BCUT2D eigenvalue weighted by Gasteiger charge is -2.35. The number of carbonyl (C=O) groups is 1. The number of rotatable bonds is 2. The molecule has 2 saturated carbocycles. The number of aliphatic hydroxyl groups is 1. The van der Waals surface area contributed by atoms with Gasteiger partial charge in [0.05, 0.1) is 5.60 Å². The molecule has 2 aliphatic carbocycles. The Morgan fingerprint density at radius 3 is 2.53 bits per heavy atom. The molecule has 0 aliphatic heterocycles. The summed E-state index contributed by atoms with van der Waals surface area (Å²) in [6.45, 7) is 0. The van der Waals surface area contributed by atoms with Gasteiger partial charge >= 0.3 is 0 Å². The van der Waals surface area contributed by atoms with Gasteiger partial charge in [0, 0.05) is 12.3 Å². The van der Waals surface area contributed by atoms with E-state index in [0.717, 1.165) is 51.4 Å². The maximum Gasteiger partial charge on any atom is 0.136 e. The van der Waals surface area contributed by atoms with Gasteiger partial charge in [-0.2, -0.15) is 0 Å². The second kappa shape index (κ2) is 4.65. The number of carbonyl (C=O) groups excluding carboxylic acids is 1. The lowest BCUT2D eigenvalue weighted by atomic mass is 9.74. The van der Waals surface area contributed by atoms with Crippen LogP contribution in [0.3, 0.4) is 0 Å². The number of hydrogen-bond donors (Lipinski definition) is 1. The monoisotopic (exact) mass is 210 g/mol. The largest absolute Gasteiger partial charge is 0.390 e. The van der Waals surface area contributed by atoms with Crippen molar-refractivity contribution in [3.63, 3.8) is 0 Å². The van der Waals surface area contributed by atoms with Crippen LogP contribution in [-0.4, -0.2) is 16.5 Å². The molecule has 0 aromatic carbocycles. The number of Topliss-reactive ketones (excluding diaryl/α,β-unsaturated/α-hetero) is 1. The Balaban J connectivity index is 1.91. The first-order valence-corrected chi connectivity index (χ1v) is 6.45. The van der Waals surface area contributed by atoms with Gasteiger partial charge in [-0.05, 0) is 32.1 Å². The Bertz CT molecular complexity index is 229. The minimum absolute atomic E-state index is 0.168. The van der Waals surface area contributed by atoms with Crippen LogP contribution >= 0.6 is 0 Å². The molecule has 2 fully saturated rings. The van der Waals surface area contributed by atoms with E-state index in [-0.39, 0.29) is 5.92 Å². The Morgan fingerprint density at radius 2 is 1.87 bits per heavy atom. The summed E-state index contributed by atoms with van der Waals surface area (Å²) in [6, 6.07) is 0. The average molecular weight is 210 g/mol. The highest BCUT2D eigenvalue weighted by atomic mass is 16.3. The standard InChI is InChI=1S/C13H22O2/c14-12-7-3-2-6-11(12)10-13(15)8-4-1-5-9-13/h11,15H,1-10H2. The highest BCUT2D eigenvalue weighted by molar-refractivity contribution is 5.81. The molecule has 0 saturated heterocycles. The van der Waals surface area contributed by atoms with E-state index in [0.29, 0.717) is 5.78 Å². The molecule has 15 heavy (non-hydrogen) atoms. The molecule has 2 nitrogen and oxygen atoms in total. The van der Waals surface area contributed by atoms with Crippen LogP contribution in [0, 0.1) is 5.92 Å². The molecule has 1 N–H and O–H groups in total. The third kappa shape index (κ3) is 2.81. The maximum absolute atomic E-state index is 11.7. The van der Waals surface area contributed by atoms with E-state index in [1.807, 2.05) is 0 Å². The third-order valence-electron chi connectivity index (χ3n) is 4.09. The van der Waals surface area contributed by atoms with Crippen molar-refractivity contribution in [3.8, 4) is 0 Å². The van der Waals surface area contributed by atoms with Crippen LogP contribution in [0.5, 0.6) is 0 Å². The predicted molar refractivity (Wildman–Crippen MR) is 59.6 cm³/mol. The van der Waals surface area contributed by atoms with Gasteiger partial charge in [0.1, 0.15) is 5.78 Å². The minimum Gasteiger partial charge on any atom is -0.390 e. The van der Waals surface area contributed by atoms with Crippen LogP contribution in [0.1, 0.15) is 64.2 Å². The van der Waals surface area contributed by atoms with E-state index in [4.69, 9.17) is 0 Å². The lowest BCUT2D eigenvalue weighted by Crippen LogP contribution is -2.36. The van der Waals surface area contributed by atoms with Gasteiger partial charge in [-0.3, -0.25) is 4.79 Å². The normalized spacial score (nSPS) is 31.5. The van der Waals surface area contributed by atoms with Gasteiger partial charge in [0.25, 0.3) is 0 Å². The molecule has 86 valence electrons. The van der Waals surface area contributed by atoms with Crippen molar-refractivity contribution in [2.45, 2.75) is 69.8 Å². The summed E-state index contributed by atoms with van der Waals surface area (Å²) in [5, 5.41) is 10.4. The number of hydrogen-bond acceptors (Lipinski definition) is 2. The molecular weight excluding hydrogens is 188 g/mol. The minimum atomic E-state index is -0.504. The summed E-state index contributed by atoms with van der Waals surface area (Å²) < 4.78 is 0. The predicted octanol–water partition coefficient (Wildman–Crippen LogP) is 2.83. The van der Waals surface area contributed by atoms with E-state index in [1.54, 1.807) is 0 Å². The summed E-state index contributed by atoms with van der Waals surface area (Å²) in [5.41, 5.74) is -0.504. The molecule has 0 amide bonds. The zero-order chi connectivity index (χ0) is 10.7. The van der Waals surface area contributed by atoms with Crippen molar-refractivity contribution >= 4 is 5.78 Å². The highest BCUT2D eigenvalue weighted by Crippen LogP contribution is 2.36. The molecule has 0 heterocycles. The Kier molecular flexibility index (Phi) is 3.45. The van der Waals surface area contributed by atoms with Gasteiger partial charge in [-0.25, -0.2) is 0 Å². The van der Waals surface area contributed by atoms with Gasteiger partial charge in [-0.1, -0.05) is 25.7 Å². The zero-order valence-electron chi connectivity index (χ0n) is 9.50. The second-order valence-electron chi connectivity index (χ2n) is 5.40. The fourth-order valence-electron chi connectivity index (χ4n) is 3.14. The molecule has 0 bridgehead atoms. The molecule has 0 spiro atoms. The first kappa shape index (κ1) is 11.1. The molecule has 0 aromatic rings. The lowest BCUT2D eigenvalue weighted by molar-refractivity contribution is -0.128. The van der Waals surface area contributed by atoms with E-state index in [9.17, 15) is 9.90 Å². The molecule has 0 radical (unpaired) electrons. The Morgan fingerprint density at radius 1 is 1.13 bits per heavy atom. The van der Waals surface area contributed by atoms with Crippen molar-refractivity contribution in [2.24, 2.45) is 5.92 Å². The van der Waals surface area contributed by atoms with Crippen LogP contribution < -0.4 is 0 Å². The molecular formula is C13H22O2. The Labute approximate surface area is 92.1 Å². The van der Waals surface area contributed by atoms with Gasteiger partial charge in [-0.15, -0.1) is 0 Å². The summed E-state index contributed by atoms with van der Waals surface area (Å²) >= 11 is 0. The van der Waals surface area contributed by atoms with Crippen molar-refractivity contribution < 1.29 is 9.90 Å². The van der Waals surface area contributed by atoms with Crippen LogP contribution in [0.4, 0.5) is 0 Å². The van der Waals surface area contributed by atoms with Crippen molar-refractivity contribution in [2.75, 3.05) is 0 Å². The fraction of sp³-hybridized carbons (Fsp3) is 0.923. The number of ketones is 1. The van der Waals surface area contributed by atoms with Gasteiger partial charge < -0.3 is 5.11 Å². The summed E-state index contributed by atoms with van der Waals surface area (Å²) in [6.07, 6.45) is 10.1. The second-order valence-corrected chi connectivity index (χ2v) is 5.40. The van der Waals surface area contributed by atoms with Gasteiger partial charge in [0.2, 0.25) is 0 Å². The topological polar surface area (TPSA) is 37.3 Å². The average Bonchev–Trinajstić information content (AvgIpc) is 2.22. The van der Waals surface area contributed by atoms with E-state index in [1.165, 1.54) is 12.8 Å². The Hall–Kier alpha value is -0.370. The van der Waals surface area contributed by atoms with Crippen LogP contribution in [0.2, 0.25) is 0 Å². The quantitative estimate of drug-likeness (QED) is 0.761. The van der Waals surface area contributed by atoms with Crippen LogP contribution in [-0.2, 0) is 4.79 Å². The van der Waals surface area contributed by atoms with E-state index < -0.39 is 5.60 Å². The fourth-order valence-corrected chi connectivity index (χ4v) is 3.14. The highest BCUT2D eigenvalue weighted by Gasteiger charge is 2.35. The molecule has 2 heteroatoms. The summed E-state index contributed by atoms with van der Waals surface area (Å²) in [4.78, 5) is 11.7. The third-order valence-corrected chi connectivity index (χ3v) is 4.09. The summed E-state index contributed by atoms with van der Waals surface area (Å²) in [5.74, 6) is 0.571. The smallest absolute Gasteiger partial charge is 0.136 e. The molecule has 2 rings (SSSR count). The zero-order valence-corrected chi connectivity index (χ0v) is 9.50. The van der Waals surface area contributed by atoms with Crippen molar-refractivity contribution in [1.82, 2.24) is 0 Å². The van der Waals surface area contributed by atoms with Crippen molar-refractivity contribution in [3.05, 3.63) is 0 Å². The maximum atomic E-state index is 11.7. The molecule has 1 atom stereocenters. The van der Waals surface area contributed by atoms with Crippen LogP contribution in [0.15, 0.2) is 0 Å². The van der Waals surface area contributed by atoms with Crippen LogP contribution in [0.25, 0.3) is 0 Å². The van der Waals surface area contributed by atoms with E-state index >= 15 is 0 Å². The van der Waals surface area contributed by atoms with Crippen molar-refractivity contribution in [1.29, 1.82) is 0 Å².